The summed E-state index contributed by atoms with van der Waals surface area (Å²) in [7, 11) is 0. The quantitative estimate of drug-likeness (QED) is 0.649. The summed E-state index contributed by atoms with van der Waals surface area (Å²) in [5, 5.41) is 15.0. The van der Waals surface area contributed by atoms with Gasteiger partial charge in [0.1, 0.15) is 11.9 Å². The van der Waals surface area contributed by atoms with Crippen LogP contribution in [0.4, 0.5) is 11.4 Å². The number of nitro groups is 1. The number of para-hydroxylation sites is 1. The summed E-state index contributed by atoms with van der Waals surface area (Å²) in [5.41, 5.74) is 6.96. The van der Waals surface area contributed by atoms with E-state index < -0.39 is 4.92 Å². The second-order valence-electron chi connectivity index (χ2n) is 4.58. The van der Waals surface area contributed by atoms with E-state index in [4.69, 9.17) is 5.73 Å². The molecule has 1 aromatic heterocycles. The van der Waals surface area contributed by atoms with Gasteiger partial charge in [-0.25, -0.2) is 4.98 Å². The van der Waals surface area contributed by atoms with Crippen molar-refractivity contribution in [3.63, 3.8) is 0 Å². The fourth-order valence-electron chi connectivity index (χ4n) is 1.78. The first kappa shape index (κ1) is 13.2. The molecule has 3 N–H and O–H groups in total. The number of hydrogen-bond acceptors (Lipinski definition) is 5. The smallest absolute Gasteiger partial charge is 0.311 e. The molecule has 6 nitrogen and oxygen atoms in total. The van der Waals surface area contributed by atoms with E-state index in [9.17, 15) is 10.1 Å². The van der Waals surface area contributed by atoms with Crippen LogP contribution in [0.2, 0.25) is 0 Å². The molecular weight excluding hydrogens is 244 g/mol. The van der Waals surface area contributed by atoms with E-state index in [2.05, 4.69) is 10.3 Å². The van der Waals surface area contributed by atoms with Crippen molar-refractivity contribution < 1.29 is 4.92 Å². The maximum atomic E-state index is 11.1. The second kappa shape index (κ2) is 5.19. The Morgan fingerprint density at radius 3 is 2.68 bits per heavy atom. The summed E-state index contributed by atoms with van der Waals surface area (Å²) in [6.07, 6.45) is 1.28. The molecule has 100 valence electrons. The van der Waals surface area contributed by atoms with Crippen molar-refractivity contribution in [2.75, 3.05) is 5.32 Å². The van der Waals surface area contributed by atoms with Crippen LogP contribution in [-0.2, 0) is 0 Å². The molecule has 1 heterocycles. The number of hydrogen-bond donors (Lipinski definition) is 2. The highest BCUT2D eigenvalue weighted by molar-refractivity contribution is 5.95. The highest BCUT2D eigenvalue weighted by Gasteiger charge is 2.20. The van der Waals surface area contributed by atoms with E-state index in [1.165, 1.54) is 6.20 Å². The lowest BCUT2D eigenvalue weighted by Crippen LogP contribution is -2.35. The third-order valence-corrected chi connectivity index (χ3v) is 3.11. The topological polar surface area (TPSA) is 94.1 Å². The van der Waals surface area contributed by atoms with E-state index in [-0.39, 0.29) is 17.8 Å². The Morgan fingerprint density at radius 2 is 2.05 bits per heavy atom. The molecule has 2 aromatic rings. The predicted molar refractivity (Wildman–Crippen MR) is 75.1 cm³/mol. The zero-order valence-corrected chi connectivity index (χ0v) is 10.8. The van der Waals surface area contributed by atoms with Gasteiger partial charge in [0.2, 0.25) is 0 Å². The van der Waals surface area contributed by atoms with E-state index in [0.717, 1.165) is 5.39 Å². The van der Waals surface area contributed by atoms with Crippen LogP contribution in [0.1, 0.15) is 13.8 Å². The van der Waals surface area contributed by atoms with Crippen molar-refractivity contribution in [2.45, 2.75) is 25.9 Å². The molecule has 0 amide bonds. The summed E-state index contributed by atoms with van der Waals surface area (Å²) >= 11 is 0. The summed E-state index contributed by atoms with van der Waals surface area (Å²) < 4.78 is 0. The highest BCUT2D eigenvalue weighted by atomic mass is 16.6. The van der Waals surface area contributed by atoms with Gasteiger partial charge < -0.3 is 11.1 Å². The first-order valence-corrected chi connectivity index (χ1v) is 6.05. The maximum absolute atomic E-state index is 11.1. The standard InChI is InChI=1S/C13H16N4O2/c1-8(14)9(2)16-13-10-5-3-4-6-11(10)15-7-12(13)17(18)19/h3-9H,14H2,1-2H3,(H,15,16). The van der Waals surface area contributed by atoms with E-state index in [0.29, 0.717) is 11.2 Å². The Hall–Kier alpha value is -2.21. The number of aromatic nitrogens is 1. The molecule has 0 aliphatic rings. The minimum Gasteiger partial charge on any atom is -0.375 e. The van der Waals surface area contributed by atoms with Gasteiger partial charge in [-0.3, -0.25) is 10.1 Å². The molecule has 19 heavy (non-hydrogen) atoms. The van der Waals surface area contributed by atoms with Crippen LogP contribution in [0.25, 0.3) is 10.9 Å². The second-order valence-corrected chi connectivity index (χ2v) is 4.58. The van der Waals surface area contributed by atoms with Gasteiger partial charge in [0.15, 0.2) is 0 Å². The van der Waals surface area contributed by atoms with Gasteiger partial charge in [-0.05, 0) is 19.9 Å². The molecule has 0 radical (unpaired) electrons. The zero-order valence-electron chi connectivity index (χ0n) is 10.8. The lowest BCUT2D eigenvalue weighted by Gasteiger charge is -2.19. The van der Waals surface area contributed by atoms with Gasteiger partial charge in [-0.15, -0.1) is 0 Å². The zero-order chi connectivity index (χ0) is 14.0. The molecule has 6 heteroatoms. The summed E-state index contributed by atoms with van der Waals surface area (Å²) in [6, 6.07) is 7.11. The van der Waals surface area contributed by atoms with Crippen molar-refractivity contribution in [1.29, 1.82) is 0 Å². The molecule has 2 atom stereocenters. The van der Waals surface area contributed by atoms with Crippen LogP contribution in [0.5, 0.6) is 0 Å². The average Bonchev–Trinajstić information content (AvgIpc) is 2.38. The number of rotatable bonds is 4. The van der Waals surface area contributed by atoms with Gasteiger partial charge in [0.25, 0.3) is 0 Å². The molecular formula is C13H16N4O2. The lowest BCUT2D eigenvalue weighted by atomic mass is 10.1. The molecule has 0 spiro atoms. The van der Waals surface area contributed by atoms with Gasteiger partial charge in [-0.2, -0.15) is 0 Å². The van der Waals surface area contributed by atoms with Crippen LogP contribution in [0.15, 0.2) is 30.5 Å². The van der Waals surface area contributed by atoms with Crippen molar-refractivity contribution >= 4 is 22.3 Å². The van der Waals surface area contributed by atoms with Crippen molar-refractivity contribution in [3.8, 4) is 0 Å². The number of benzene rings is 1. The number of anilines is 1. The molecule has 2 unspecified atom stereocenters. The first-order chi connectivity index (χ1) is 9.00. The van der Waals surface area contributed by atoms with Crippen LogP contribution < -0.4 is 11.1 Å². The fraction of sp³-hybridized carbons (Fsp3) is 0.308. The highest BCUT2D eigenvalue weighted by Crippen LogP contribution is 2.31. The van der Waals surface area contributed by atoms with E-state index in [1.54, 1.807) is 0 Å². The Balaban J connectivity index is 2.59. The molecule has 0 aliphatic carbocycles. The molecule has 0 fully saturated rings. The van der Waals surface area contributed by atoms with Gasteiger partial charge in [0, 0.05) is 17.5 Å². The molecule has 0 bridgehead atoms. The number of pyridine rings is 1. The third kappa shape index (κ3) is 2.63. The van der Waals surface area contributed by atoms with E-state index in [1.807, 2.05) is 38.1 Å². The summed E-state index contributed by atoms with van der Waals surface area (Å²) in [4.78, 5) is 14.8. The summed E-state index contributed by atoms with van der Waals surface area (Å²) in [5.74, 6) is 0. The van der Waals surface area contributed by atoms with Gasteiger partial charge >= 0.3 is 5.69 Å². The first-order valence-electron chi connectivity index (χ1n) is 6.05. The number of nitrogens with one attached hydrogen (secondary N) is 1. The number of nitrogens with two attached hydrogens (primary N) is 1. The Labute approximate surface area is 110 Å². The largest absolute Gasteiger partial charge is 0.375 e. The van der Waals surface area contributed by atoms with Crippen molar-refractivity contribution in [2.24, 2.45) is 5.73 Å². The lowest BCUT2D eigenvalue weighted by molar-refractivity contribution is -0.384. The minimum atomic E-state index is -0.435. The minimum absolute atomic E-state index is 0.0359. The summed E-state index contributed by atoms with van der Waals surface area (Å²) in [6.45, 7) is 3.75. The molecule has 0 saturated carbocycles. The number of fused-ring (bicyclic) bond motifs is 1. The Morgan fingerprint density at radius 1 is 1.37 bits per heavy atom. The monoisotopic (exact) mass is 260 g/mol. The van der Waals surface area contributed by atoms with Crippen LogP contribution in [-0.4, -0.2) is 22.0 Å². The predicted octanol–water partition coefficient (Wildman–Crippen LogP) is 2.29. The maximum Gasteiger partial charge on any atom is 0.311 e. The van der Waals surface area contributed by atoms with Crippen LogP contribution in [0, 0.1) is 10.1 Å². The number of nitrogens with zero attached hydrogens (tertiary/aromatic N) is 2. The average molecular weight is 260 g/mol. The molecule has 0 saturated heterocycles. The molecule has 0 aliphatic heterocycles. The van der Waals surface area contributed by atoms with Gasteiger partial charge in [0.05, 0.1) is 10.4 Å². The Bertz CT molecular complexity index is 613. The van der Waals surface area contributed by atoms with E-state index >= 15 is 0 Å². The fourth-order valence-corrected chi connectivity index (χ4v) is 1.78. The van der Waals surface area contributed by atoms with Crippen molar-refractivity contribution in [1.82, 2.24) is 4.98 Å². The van der Waals surface area contributed by atoms with Crippen LogP contribution in [0.3, 0.4) is 0 Å². The third-order valence-electron chi connectivity index (χ3n) is 3.11. The van der Waals surface area contributed by atoms with Crippen molar-refractivity contribution in [3.05, 3.63) is 40.6 Å². The molecule has 1 aromatic carbocycles. The van der Waals surface area contributed by atoms with Crippen LogP contribution >= 0.6 is 0 Å². The Kier molecular flexibility index (Phi) is 3.62. The van der Waals surface area contributed by atoms with Gasteiger partial charge in [-0.1, -0.05) is 18.2 Å². The molecule has 2 rings (SSSR count). The SMILES string of the molecule is CC(N)C(C)Nc1c([N+](=O)[O-])cnc2ccccc12. The normalized spacial score (nSPS) is 14.1.